The van der Waals surface area contributed by atoms with Crippen LogP contribution in [-0.4, -0.2) is 19.5 Å². The number of methoxy groups -OCH3 is 1. The number of aryl methyl sites for hydroxylation is 1. The van der Waals surface area contributed by atoms with Crippen molar-refractivity contribution < 1.29 is 19.0 Å². The van der Waals surface area contributed by atoms with Crippen molar-refractivity contribution in [3.63, 3.8) is 0 Å². The molecule has 0 aliphatic carbocycles. The second kappa shape index (κ2) is 7.68. The van der Waals surface area contributed by atoms with Crippen molar-refractivity contribution in [3.05, 3.63) is 47.5 Å². The average Bonchev–Trinajstić information content (AvgIpc) is 2.56. The van der Waals surface area contributed by atoms with Gasteiger partial charge in [0.15, 0.2) is 11.5 Å². The molecule has 0 bridgehead atoms. The van der Waals surface area contributed by atoms with E-state index in [-0.39, 0.29) is 6.10 Å². The van der Waals surface area contributed by atoms with Crippen molar-refractivity contribution in [2.45, 2.75) is 33.3 Å². The molecule has 0 heterocycles. The lowest BCUT2D eigenvalue weighted by Gasteiger charge is -2.18. The number of carbonyl (C=O) groups is 1. The zero-order valence-electron chi connectivity index (χ0n) is 14.0. The van der Waals surface area contributed by atoms with Crippen LogP contribution in [0.4, 0.5) is 0 Å². The first kappa shape index (κ1) is 16.9. The molecule has 0 aliphatic heterocycles. The Balaban J connectivity index is 2.42. The van der Waals surface area contributed by atoms with Crippen molar-refractivity contribution >= 4 is 6.29 Å². The van der Waals surface area contributed by atoms with Crippen LogP contribution in [0.2, 0.25) is 0 Å². The summed E-state index contributed by atoms with van der Waals surface area (Å²) in [6.45, 7) is 5.95. The molecule has 0 amide bonds. The van der Waals surface area contributed by atoms with E-state index >= 15 is 0 Å². The fraction of sp³-hybridized carbons (Fsp3) is 0.316. The summed E-state index contributed by atoms with van der Waals surface area (Å²) >= 11 is 0. The number of ether oxygens (including phenoxy) is 3. The standard InChI is InChI=1S/C19H22O4/c1-5-14-6-8-16(9-7-14)23-18-11-15(12-20)10-17(21-4)19(18)22-13(2)3/h6-13H,5H2,1-4H3. The molecule has 0 fully saturated rings. The lowest BCUT2D eigenvalue weighted by molar-refractivity contribution is 0.112. The molecule has 23 heavy (non-hydrogen) atoms. The highest BCUT2D eigenvalue weighted by Gasteiger charge is 2.17. The largest absolute Gasteiger partial charge is 0.493 e. The molecule has 2 aromatic carbocycles. The van der Waals surface area contributed by atoms with Gasteiger partial charge in [-0.25, -0.2) is 0 Å². The molecule has 2 aromatic rings. The summed E-state index contributed by atoms with van der Waals surface area (Å²) in [5.74, 6) is 2.11. The number of rotatable bonds is 7. The Morgan fingerprint density at radius 3 is 2.26 bits per heavy atom. The maximum Gasteiger partial charge on any atom is 0.204 e. The van der Waals surface area contributed by atoms with Crippen molar-refractivity contribution in [1.29, 1.82) is 0 Å². The van der Waals surface area contributed by atoms with E-state index in [2.05, 4.69) is 6.92 Å². The van der Waals surface area contributed by atoms with Crippen LogP contribution in [0.5, 0.6) is 23.0 Å². The molecule has 0 aliphatic rings. The van der Waals surface area contributed by atoms with E-state index in [4.69, 9.17) is 14.2 Å². The summed E-state index contributed by atoms with van der Waals surface area (Å²) in [6.07, 6.45) is 1.68. The highest BCUT2D eigenvalue weighted by atomic mass is 16.5. The Bertz CT molecular complexity index is 660. The van der Waals surface area contributed by atoms with Gasteiger partial charge in [0.1, 0.15) is 12.0 Å². The van der Waals surface area contributed by atoms with E-state index < -0.39 is 0 Å². The van der Waals surface area contributed by atoms with Gasteiger partial charge in [0.2, 0.25) is 5.75 Å². The molecule has 0 spiro atoms. The monoisotopic (exact) mass is 314 g/mol. The first-order chi connectivity index (χ1) is 11.1. The number of carbonyl (C=O) groups excluding carboxylic acids is 1. The Hall–Kier alpha value is -2.49. The SMILES string of the molecule is CCc1ccc(Oc2cc(C=O)cc(OC)c2OC(C)C)cc1. The Morgan fingerprint density at radius 2 is 1.74 bits per heavy atom. The van der Waals surface area contributed by atoms with Gasteiger partial charge in [-0.1, -0.05) is 19.1 Å². The summed E-state index contributed by atoms with van der Waals surface area (Å²) in [5.41, 5.74) is 1.70. The second-order valence-corrected chi connectivity index (χ2v) is 5.43. The van der Waals surface area contributed by atoms with Gasteiger partial charge in [-0.2, -0.15) is 0 Å². The van der Waals surface area contributed by atoms with Crippen molar-refractivity contribution in [1.82, 2.24) is 0 Å². The third kappa shape index (κ3) is 4.25. The maximum atomic E-state index is 11.1. The smallest absolute Gasteiger partial charge is 0.204 e. The number of aldehydes is 1. The summed E-state index contributed by atoms with van der Waals surface area (Å²) in [6, 6.07) is 11.1. The zero-order chi connectivity index (χ0) is 16.8. The van der Waals surface area contributed by atoms with E-state index in [9.17, 15) is 4.79 Å². The van der Waals surface area contributed by atoms with E-state index in [1.54, 1.807) is 12.1 Å². The maximum absolute atomic E-state index is 11.1. The van der Waals surface area contributed by atoms with E-state index in [1.165, 1.54) is 12.7 Å². The molecule has 0 unspecified atom stereocenters. The molecule has 4 nitrogen and oxygen atoms in total. The third-order valence-corrected chi connectivity index (χ3v) is 3.31. The highest BCUT2D eigenvalue weighted by Crippen LogP contribution is 2.41. The number of benzene rings is 2. The van der Waals surface area contributed by atoms with Gasteiger partial charge in [0, 0.05) is 5.56 Å². The molecule has 0 radical (unpaired) electrons. The molecule has 0 aromatic heterocycles. The fourth-order valence-corrected chi connectivity index (χ4v) is 2.16. The molecular formula is C19H22O4. The first-order valence-corrected chi connectivity index (χ1v) is 7.68. The minimum atomic E-state index is -0.0456. The first-order valence-electron chi connectivity index (χ1n) is 7.68. The van der Waals surface area contributed by atoms with Gasteiger partial charge in [-0.05, 0) is 50.1 Å². The highest BCUT2D eigenvalue weighted by molar-refractivity contribution is 5.78. The molecule has 2 rings (SSSR count). The van der Waals surface area contributed by atoms with Gasteiger partial charge in [0.25, 0.3) is 0 Å². The van der Waals surface area contributed by atoms with Crippen LogP contribution in [0.3, 0.4) is 0 Å². The molecule has 0 atom stereocenters. The van der Waals surface area contributed by atoms with Crippen LogP contribution in [0.1, 0.15) is 36.7 Å². The van der Waals surface area contributed by atoms with Gasteiger partial charge in [-0.3, -0.25) is 4.79 Å². The second-order valence-electron chi connectivity index (χ2n) is 5.43. The van der Waals surface area contributed by atoms with Crippen LogP contribution in [-0.2, 0) is 6.42 Å². The zero-order valence-corrected chi connectivity index (χ0v) is 14.0. The quantitative estimate of drug-likeness (QED) is 0.698. The van der Waals surface area contributed by atoms with Crippen LogP contribution in [0, 0.1) is 0 Å². The minimum Gasteiger partial charge on any atom is -0.493 e. The van der Waals surface area contributed by atoms with Gasteiger partial charge < -0.3 is 14.2 Å². The summed E-state index contributed by atoms with van der Waals surface area (Å²) < 4.78 is 17.1. The predicted octanol–water partition coefficient (Wildman–Crippen LogP) is 4.65. The Kier molecular flexibility index (Phi) is 5.63. The topological polar surface area (TPSA) is 44.8 Å². The summed E-state index contributed by atoms with van der Waals surface area (Å²) in [5, 5.41) is 0. The van der Waals surface area contributed by atoms with Crippen LogP contribution < -0.4 is 14.2 Å². The van der Waals surface area contributed by atoms with Crippen molar-refractivity contribution in [2.75, 3.05) is 7.11 Å². The Labute approximate surface area is 137 Å². The van der Waals surface area contributed by atoms with Crippen molar-refractivity contribution in [2.24, 2.45) is 0 Å². The lowest BCUT2D eigenvalue weighted by Crippen LogP contribution is -2.08. The third-order valence-electron chi connectivity index (χ3n) is 3.31. The van der Waals surface area contributed by atoms with Crippen LogP contribution >= 0.6 is 0 Å². The van der Waals surface area contributed by atoms with Gasteiger partial charge >= 0.3 is 0 Å². The van der Waals surface area contributed by atoms with E-state index in [0.29, 0.717) is 28.6 Å². The van der Waals surface area contributed by atoms with Crippen LogP contribution in [0.25, 0.3) is 0 Å². The van der Waals surface area contributed by atoms with Gasteiger partial charge in [-0.15, -0.1) is 0 Å². The summed E-state index contributed by atoms with van der Waals surface area (Å²) in [7, 11) is 1.54. The molecule has 0 saturated carbocycles. The average molecular weight is 314 g/mol. The summed E-state index contributed by atoms with van der Waals surface area (Å²) in [4.78, 5) is 11.1. The van der Waals surface area contributed by atoms with Gasteiger partial charge in [0.05, 0.1) is 13.2 Å². The lowest BCUT2D eigenvalue weighted by atomic mass is 10.1. The van der Waals surface area contributed by atoms with Crippen LogP contribution in [0.15, 0.2) is 36.4 Å². The molecule has 122 valence electrons. The molecular weight excluding hydrogens is 292 g/mol. The van der Waals surface area contributed by atoms with E-state index in [1.807, 2.05) is 38.1 Å². The normalized spacial score (nSPS) is 10.5. The van der Waals surface area contributed by atoms with Crippen molar-refractivity contribution in [3.8, 4) is 23.0 Å². The molecule has 0 N–H and O–H groups in total. The number of hydrogen-bond donors (Lipinski definition) is 0. The molecule has 0 saturated heterocycles. The fourth-order valence-electron chi connectivity index (χ4n) is 2.16. The predicted molar refractivity (Wildman–Crippen MR) is 90.0 cm³/mol. The number of hydrogen-bond acceptors (Lipinski definition) is 4. The van der Waals surface area contributed by atoms with E-state index in [0.717, 1.165) is 12.7 Å². The molecule has 4 heteroatoms. The Morgan fingerprint density at radius 1 is 1.09 bits per heavy atom. The minimum absolute atomic E-state index is 0.0456.